The summed E-state index contributed by atoms with van der Waals surface area (Å²) in [5.74, 6) is 0.932. The monoisotopic (exact) mass is 501 g/mol. The summed E-state index contributed by atoms with van der Waals surface area (Å²) in [5.41, 5.74) is 5.17. The maximum atomic E-state index is 12.6. The minimum atomic E-state index is 0.00364. The van der Waals surface area contributed by atoms with E-state index < -0.39 is 0 Å². The number of aryl methyl sites for hydroxylation is 1. The molecule has 0 aliphatic carbocycles. The van der Waals surface area contributed by atoms with Crippen molar-refractivity contribution in [2.75, 3.05) is 38.5 Å². The molecule has 5 rings (SSSR count). The van der Waals surface area contributed by atoms with Crippen LogP contribution in [0.5, 0.6) is 0 Å². The lowest BCUT2D eigenvalue weighted by Gasteiger charge is -2.39. The third kappa shape index (κ3) is 5.72. The Morgan fingerprint density at radius 1 is 1.00 bits per heavy atom. The first-order chi connectivity index (χ1) is 17.5. The summed E-state index contributed by atoms with van der Waals surface area (Å²) < 4.78 is 0.420. The number of aliphatic imine (C=N–C) groups is 1. The third-order valence-electron chi connectivity index (χ3n) is 6.93. The van der Waals surface area contributed by atoms with Crippen molar-refractivity contribution in [1.82, 2.24) is 4.90 Å². The number of benzene rings is 3. The summed E-state index contributed by atoms with van der Waals surface area (Å²) >= 11 is 6.28. The number of hydrogen-bond acceptors (Lipinski definition) is 5. The van der Waals surface area contributed by atoms with E-state index in [1.165, 1.54) is 5.56 Å². The van der Waals surface area contributed by atoms with Crippen LogP contribution < -0.4 is 10.4 Å². The fourth-order valence-electron chi connectivity index (χ4n) is 4.83. The van der Waals surface area contributed by atoms with Crippen molar-refractivity contribution in [2.45, 2.75) is 25.7 Å². The van der Waals surface area contributed by atoms with Crippen LogP contribution in [0.4, 0.5) is 17.1 Å². The van der Waals surface area contributed by atoms with Crippen molar-refractivity contribution in [3.8, 4) is 0 Å². The Morgan fingerprint density at radius 3 is 2.56 bits per heavy atom. The number of piperazine rings is 1. The molecule has 1 N–H and O–H groups in total. The summed E-state index contributed by atoms with van der Waals surface area (Å²) in [6.07, 6.45) is 3.38. The number of likely N-dealkylation sites (N-methyl/N-ethyl adjacent to an activating group) is 1. The molecule has 0 saturated carbocycles. The Hall–Kier alpha value is -3.35. The van der Waals surface area contributed by atoms with Gasteiger partial charge in [0.05, 0.1) is 31.5 Å². The Bertz CT molecular complexity index is 1270. The molecule has 1 saturated heterocycles. The molecule has 1 fully saturated rings. The van der Waals surface area contributed by atoms with E-state index in [2.05, 4.69) is 58.8 Å². The Labute approximate surface area is 218 Å². The van der Waals surface area contributed by atoms with Crippen LogP contribution in [0.15, 0.2) is 82.9 Å². The maximum absolute atomic E-state index is 12.6. The minimum Gasteiger partial charge on any atom is -0.858 e. The van der Waals surface area contributed by atoms with Crippen molar-refractivity contribution in [2.24, 2.45) is 10.1 Å². The van der Waals surface area contributed by atoms with Crippen LogP contribution in [-0.4, -0.2) is 54.5 Å². The standard InChI is InChI=1S/C29H32ClN5O/c1-35(33-28(36)14-8-5-11-22-9-3-2-4-10-22)19-17-34(18-20-35)29-24-12-6-7-13-25(24)31-26-16-15-23(30)21-27(26)32-29/h2-4,6-7,9-10,12-13,15-16,21H,5,8,11,14,17-20H2,1H3,(H-,31,32,33,36). The minimum absolute atomic E-state index is 0.00364. The lowest BCUT2D eigenvalue weighted by atomic mass is 10.1. The number of nitrogens with zero attached hydrogens (tertiary/aromatic N) is 4. The fraction of sp³-hybridized carbons (Fsp3) is 0.310. The number of anilines is 2. The van der Waals surface area contributed by atoms with E-state index in [1.54, 1.807) is 0 Å². The van der Waals surface area contributed by atoms with Crippen LogP contribution in [0.2, 0.25) is 5.02 Å². The molecule has 0 unspecified atom stereocenters. The summed E-state index contributed by atoms with van der Waals surface area (Å²) in [7, 11) is 2.05. The highest BCUT2D eigenvalue weighted by Gasteiger charge is 2.32. The van der Waals surface area contributed by atoms with Crippen LogP contribution >= 0.6 is 11.6 Å². The second kappa shape index (κ2) is 10.7. The van der Waals surface area contributed by atoms with Crippen LogP contribution in [0.25, 0.3) is 0 Å². The molecule has 0 amide bonds. The van der Waals surface area contributed by atoms with Gasteiger partial charge < -0.3 is 15.3 Å². The summed E-state index contributed by atoms with van der Waals surface area (Å²) in [6.45, 7) is 3.05. The van der Waals surface area contributed by atoms with E-state index in [0.29, 0.717) is 16.0 Å². The SMILES string of the molecule is C[N+]1(/N=C(\[O-])CCCCc2ccccc2)CCN(C2=Nc3cc(Cl)ccc3Nc3ccccc32)CC1. The topological polar surface area (TPSA) is 63.1 Å². The van der Waals surface area contributed by atoms with Gasteiger partial charge in [0.25, 0.3) is 0 Å². The smallest absolute Gasteiger partial charge is 0.139 e. The van der Waals surface area contributed by atoms with Gasteiger partial charge >= 0.3 is 0 Å². The number of unbranched alkanes of at least 4 members (excludes halogenated alkanes) is 1. The zero-order valence-corrected chi connectivity index (χ0v) is 21.4. The largest absolute Gasteiger partial charge is 0.858 e. The van der Waals surface area contributed by atoms with E-state index in [-0.39, 0.29) is 5.90 Å². The summed E-state index contributed by atoms with van der Waals surface area (Å²) in [5, 5.41) is 21.4. The molecule has 3 aromatic carbocycles. The number of fused-ring (bicyclic) bond motifs is 2. The number of nitrogens with one attached hydrogen (secondary N) is 1. The molecule has 0 spiro atoms. The molecule has 2 aliphatic rings. The van der Waals surface area contributed by atoms with Crippen molar-refractivity contribution in [3.05, 3.63) is 88.9 Å². The molecular weight excluding hydrogens is 470 g/mol. The number of quaternary nitrogens is 1. The Kier molecular flexibility index (Phi) is 7.25. The summed E-state index contributed by atoms with van der Waals surface area (Å²) in [6, 6.07) is 24.4. The molecule has 0 radical (unpaired) electrons. The molecule has 0 atom stereocenters. The molecular formula is C29H32ClN5O. The molecule has 0 bridgehead atoms. The van der Waals surface area contributed by atoms with Gasteiger partial charge in [-0.25, -0.2) is 4.99 Å². The van der Waals surface area contributed by atoms with E-state index in [0.717, 1.165) is 73.9 Å². The van der Waals surface area contributed by atoms with Gasteiger partial charge in [0.2, 0.25) is 0 Å². The van der Waals surface area contributed by atoms with Gasteiger partial charge in [-0.3, -0.25) is 0 Å². The van der Waals surface area contributed by atoms with Crippen LogP contribution in [0, 0.1) is 0 Å². The zero-order valence-electron chi connectivity index (χ0n) is 20.7. The molecule has 36 heavy (non-hydrogen) atoms. The van der Waals surface area contributed by atoms with Crippen molar-refractivity contribution in [1.29, 1.82) is 0 Å². The first-order valence-electron chi connectivity index (χ1n) is 12.6. The highest BCUT2D eigenvalue weighted by molar-refractivity contribution is 6.31. The number of halogens is 1. The van der Waals surface area contributed by atoms with E-state index in [4.69, 9.17) is 16.6 Å². The second-order valence-electron chi connectivity index (χ2n) is 9.73. The van der Waals surface area contributed by atoms with Gasteiger partial charge in [-0.05, 0) is 61.6 Å². The van der Waals surface area contributed by atoms with Gasteiger partial charge in [0, 0.05) is 22.2 Å². The van der Waals surface area contributed by atoms with Gasteiger partial charge in [0.1, 0.15) is 18.9 Å². The van der Waals surface area contributed by atoms with Gasteiger partial charge in [-0.15, -0.1) is 5.10 Å². The predicted molar refractivity (Wildman–Crippen MR) is 146 cm³/mol. The van der Waals surface area contributed by atoms with Crippen molar-refractivity contribution < 1.29 is 9.70 Å². The van der Waals surface area contributed by atoms with E-state index in [9.17, 15) is 5.11 Å². The third-order valence-corrected chi connectivity index (χ3v) is 7.16. The molecule has 7 heteroatoms. The number of amidine groups is 1. The average molecular weight is 502 g/mol. The first-order valence-corrected chi connectivity index (χ1v) is 13.0. The normalized spacial score (nSPS) is 16.9. The van der Waals surface area contributed by atoms with Gasteiger partial charge in [-0.2, -0.15) is 4.59 Å². The number of rotatable bonds is 6. The van der Waals surface area contributed by atoms with Crippen LogP contribution in [0.1, 0.15) is 30.4 Å². The quantitative estimate of drug-likeness (QED) is 0.215. The number of para-hydroxylation sites is 1. The molecule has 2 heterocycles. The van der Waals surface area contributed by atoms with Crippen molar-refractivity contribution in [3.63, 3.8) is 0 Å². The Balaban J connectivity index is 1.24. The molecule has 186 valence electrons. The van der Waals surface area contributed by atoms with E-state index in [1.807, 2.05) is 36.4 Å². The zero-order chi connectivity index (χ0) is 25.0. The maximum Gasteiger partial charge on any atom is 0.139 e. The summed E-state index contributed by atoms with van der Waals surface area (Å²) in [4.78, 5) is 7.34. The second-order valence-corrected chi connectivity index (χ2v) is 10.2. The van der Waals surface area contributed by atoms with Crippen molar-refractivity contribution >= 4 is 40.4 Å². The van der Waals surface area contributed by atoms with Crippen LogP contribution in [-0.2, 0) is 6.42 Å². The molecule has 2 aliphatic heterocycles. The van der Waals surface area contributed by atoms with Gasteiger partial charge in [-0.1, -0.05) is 54.1 Å². The molecule has 6 nitrogen and oxygen atoms in total. The lowest BCUT2D eigenvalue weighted by molar-refractivity contribution is -0.920. The fourth-order valence-corrected chi connectivity index (χ4v) is 4.99. The molecule has 0 aromatic heterocycles. The van der Waals surface area contributed by atoms with E-state index >= 15 is 0 Å². The average Bonchev–Trinajstić information content (AvgIpc) is 3.04. The predicted octanol–water partition coefficient (Wildman–Crippen LogP) is 5.32. The highest BCUT2D eigenvalue weighted by Crippen LogP contribution is 2.36. The first kappa shape index (κ1) is 24.3. The molecule has 3 aromatic rings. The number of hydrogen-bond donors (Lipinski definition) is 1. The highest BCUT2D eigenvalue weighted by atomic mass is 35.5. The van der Waals surface area contributed by atoms with Crippen LogP contribution in [0.3, 0.4) is 0 Å². The Morgan fingerprint density at radius 2 is 1.75 bits per heavy atom. The lowest BCUT2D eigenvalue weighted by Crippen LogP contribution is -2.56. The van der Waals surface area contributed by atoms with Gasteiger partial charge in [0.15, 0.2) is 0 Å².